The number of anilines is 2. The Balaban J connectivity index is 1.85. The molecule has 0 aliphatic carbocycles. The fourth-order valence-electron chi connectivity index (χ4n) is 6.86. The molecule has 44 heavy (non-hydrogen) atoms. The molecule has 1 saturated heterocycles. The van der Waals surface area contributed by atoms with E-state index >= 15 is 13.2 Å². The lowest BCUT2D eigenvalue weighted by Gasteiger charge is -2.48. The van der Waals surface area contributed by atoms with Crippen molar-refractivity contribution in [1.29, 1.82) is 0 Å². The number of amides is 1. The molecule has 2 atom stereocenters. The van der Waals surface area contributed by atoms with Crippen molar-refractivity contribution in [1.82, 2.24) is 9.55 Å². The highest BCUT2D eigenvalue weighted by Crippen LogP contribution is 2.47. The minimum absolute atomic E-state index is 0.0837. The molecule has 0 spiro atoms. The van der Waals surface area contributed by atoms with Gasteiger partial charge >= 0.3 is 0 Å². The molecule has 4 heterocycles. The monoisotopic (exact) mass is 605 g/mol. The number of aryl methyl sites for hydroxylation is 1. The van der Waals surface area contributed by atoms with Gasteiger partial charge in [0.15, 0.2) is 5.82 Å². The number of carbonyl (C=O) groups excluding carboxylic acids is 1. The summed E-state index contributed by atoms with van der Waals surface area (Å²) in [6.07, 6.45) is 3.24. The van der Waals surface area contributed by atoms with E-state index < -0.39 is 45.8 Å². The molecule has 0 radical (unpaired) electrons. The normalized spacial score (nSPS) is 18.1. The highest BCUT2D eigenvalue weighted by molar-refractivity contribution is 6.03. The molecule has 3 N–H and O–H groups in total. The number of aromatic nitrogens is 2. The molecular weight excluding hydrogens is 571 g/mol. The van der Waals surface area contributed by atoms with Crippen LogP contribution in [0.4, 0.5) is 24.5 Å². The smallest absolute Gasteiger partial charge is 0.281 e. The van der Waals surface area contributed by atoms with Crippen LogP contribution in [0.3, 0.4) is 0 Å². The lowest BCUT2D eigenvalue weighted by molar-refractivity contribution is -0.116. The summed E-state index contributed by atoms with van der Waals surface area (Å²) in [4.78, 5) is 35.3. The van der Waals surface area contributed by atoms with E-state index in [1.165, 1.54) is 10.6 Å². The van der Waals surface area contributed by atoms with Crippen LogP contribution in [0, 0.1) is 30.3 Å². The molecule has 11 heteroatoms. The lowest BCUT2D eigenvalue weighted by atomic mass is 9.89. The van der Waals surface area contributed by atoms with E-state index in [2.05, 4.69) is 11.9 Å². The molecular formula is C33H34F3N5O3. The number of hydrogen-bond donors (Lipinski definition) is 2. The number of phenolic OH excluding ortho intramolecular Hbond substituents is 1. The topological polar surface area (TPSA) is 105 Å². The SMILES string of the molecule is Cc1ccnc(C(C)C)c1-n1c(=O)c2c(c3cc(F)c(-c4c(O)cccc4F)c(F)c31)N1C[C@@H](C)CC[C@@H]1CN2CC(N)=O. The number of halogens is 3. The van der Waals surface area contributed by atoms with E-state index in [1.54, 1.807) is 24.1 Å². The van der Waals surface area contributed by atoms with Gasteiger partial charge in [-0.3, -0.25) is 19.1 Å². The van der Waals surface area contributed by atoms with Crippen molar-refractivity contribution in [3.8, 4) is 22.6 Å². The van der Waals surface area contributed by atoms with E-state index in [0.29, 0.717) is 35.7 Å². The third kappa shape index (κ3) is 4.56. The summed E-state index contributed by atoms with van der Waals surface area (Å²) < 4.78 is 49.6. The first-order chi connectivity index (χ1) is 20.9. The summed E-state index contributed by atoms with van der Waals surface area (Å²) in [5.74, 6) is -4.59. The zero-order valence-corrected chi connectivity index (χ0v) is 25.0. The van der Waals surface area contributed by atoms with Crippen LogP contribution in [0.5, 0.6) is 5.75 Å². The highest BCUT2D eigenvalue weighted by atomic mass is 19.1. The molecule has 2 aromatic carbocycles. The van der Waals surface area contributed by atoms with Crippen LogP contribution in [0.25, 0.3) is 27.7 Å². The standard InChI is InChI=1S/C33H34F3N5O3/c1-16(2)28-29(18(4)10-11-38-28)41-30-20(12-22(35)26(27(30)36)25-21(34)6-5-7-23(25)42)31-32(33(41)44)39(15-24(37)43)14-19-9-8-17(3)13-40(19)31/h5-7,10-12,16-17,19,42H,8-9,13-15H2,1-4H3,(H2,37,43)/t17-,19+/m0/s1. The number of rotatable bonds is 5. The highest BCUT2D eigenvalue weighted by Gasteiger charge is 2.40. The predicted molar refractivity (Wildman–Crippen MR) is 164 cm³/mol. The maximum absolute atomic E-state index is 17.1. The largest absolute Gasteiger partial charge is 0.507 e. The Hall–Kier alpha value is -4.54. The number of primary amides is 1. The molecule has 6 rings (SSSR count). The fourth-order valence-corrected chi connectivity index (χ4v) is 6.86. The Bertz CT molecular complexity index is 1870. The van der Waals surface area contributed by atoms with Crippen LogP contribution in [0.2, 0.25) is 0 Å². The summed E-state index contributed by atoms with van der Waals surface area (Å²) in [5.41, 5.74) is 5.11. The van der Waals surface area contributed by atoms with Gasteiger partial charge in [-0.25, -0.2) is 13.2 Å². The number of phenols is 1. The van der Waals surface area contributed by atoms with Crippen LogP contribution >= 0.6 is 0 Å². The summed E-state index contributed by atoms with van der Waals surface area (Å²) in [6, 6.07) is 6.03. The number of pyridine rings is 2. The molecule has 2 aliphatic heterocycles. The number of aromatic hydroxyl groups is 1. The lowest BCUT2D eigenvalue weighted by Crippen LogP contribution is -2.56. The molecule has 1 fully saturated rings. The molecule has 1 amide bonds. The predicted octanol–water partition coefficient (Wildman–Crippen LogP) is 5.52. The van der Waals surface area contributed by atoms with Crippen molar-refractivity contribution < 1.29 is 23.1 Å². The van der Waals surface area contributed by atoms with Crippen molar-refractivity contribution in [3.63, 3.8) is 0 Å². The van der Waals surface area contributed by atoms with Gasteiger partial charge < -0.3 is 20.6 Å². The molecule has 4 aromatic rings. The van der Waals surface area contributed by atoms with Crippen LogP contribution in [0.1, 0.15) is 50.8 Å². The Morgan fingerprint density at radius 2 is 1.82 bits per heavy atom. The van der Waals surface area contributed by atoms with Crippen LogP contribution in [-0.2, 0) is 4.79 Å². The van der Waals surface area contributed by atoms with Gasteiger partial charge in [-0.2, -0.15) is 0 Å². The number of hydrogen-bond acceptors (Lipinski definition) is 6. The quantitative estimate of drug-likeness (QED) is 0.311. The fraction of sp³-hybridized carbons (Fsp3) is 0.364. The molecule has 0 saturated carbocycles. The first-order valence-corrected chi connectivity index (χ1v) is 14.7. The number of piperidine rings is 1. The Morgan fingerprint density at radius 1 is 1.07 bits per heavy atom. The minimum atomic E-state index is -1.20. The van der Waals surface area contributed by atoms with Gasteiger partial charge in [0.2, 0.25) is 5.91 Å². The number of carbonyl (C=O) groups is 1. The third-order valence-electron chi connectivity index (χ3n) is 8.79. The van der Waals surface area contributed by atoms with Crippen molar-refractivity contribution in [2.75, 3.05) is 29.4 Å². The first kappa shape index (κ1) is 29.5. The van der Waals surface area contributed by atoms with Gasteiger partial charge in [0.25, 0.3) is 5.56 Å². The number of nitrogens with zero attached hydrogens (tertiary/aromatic N) is 4. The summed E-state index contributed by atoms with van der Waals surface area (Å²) in [6.45, 7) is 8.20. The maximum atomic E-state index is 17.1. The molecule has 8 nitrogen and oxygen atoms in total. The average molecular weight is 606 g/mol. The maximum Gasteiger partial charge on any atom is 0.281 e. The Morgan fingerprint density at radius 3 is 2.50 bits per heavy atom. The van der Waals surface area contributed by atoms with Gasteiger partial charge in [-0.1, -0.05) is 26.8 Å². The first-order valence-electron chi connectivity index (χ1n) is 14.7. The van der Waals surface area contributed by atoms with Gasteiger partial charge in [0.05, 0.1) is 40.3 Å². The Kier molecular flexibility index (Phi) is 7.30. The number of benzene rings is 2. The van der Waals surface area contributed by atoms with E-state index in [1.807, 2.05) is 18.7 Å². The number of nitrogens with two attached hydrogens (primary N) is 1. The second-order valence-electron chi connectivity index (χ2n) is 12.3. The second kappa shape index (κ2) is 10.9. The zero-order chi connectivity index (χ0) is 31.6. The van der Waals surface area contributed by atoms with Gasteiger partial charge in [-0.05, 0) is 61.4 Å². The van der Waals surface area contributed by atoms with Crippen LogP contribution < -0.4 is 21.1 Å². The number of fused-ring (bicyclic) bond motifs is 5. The summed E-state index contributed by atoms with van der Waals surface area (Å²) in [5, 5.41) is 10.6. The van der Waals surface area contributed by atoms with Gasteiger partial charge in [-0.15, -0.1) is 0 Å². The van der Waals surface area contributed by atoms with E-state index in [9.17, 15) is 14.7 Å². The van der Waals surface area contributed by atoms with E-state index in [4.69, 9.17) is 5.73 Å². The van der Waals surface area contributed by atoms with E-state index in [0.717, 1.165) is 31.0 Å². The molecule has 0 bridgehead atoms. The van der Waals surface area contributed by atoms with Crippen molar-refractivity contribution in [2.45, 2.75) is 52.5 Å². The Labute approximate surface area is 252 Å². The van der Waals surface area contributed by atoms with Gasteiger partial charge in [0, 0.05) is 30.7 Å². The van der Waals surface area contributed by atoms with Crippen molar-refractivity contribution in [2.24, 2.45) is 11.7 Å². The van der Waals surface area contributed by atoms with Gasteiger partial charge in [0.1, 0.15) is 23.1 Å². The summed E-state index contributed by atoms with van der Waals surface area (Å²) in [7, 11) is 0. The molecule has 2 aliphatic rings. The summed E-state index contributed by atoms with van der Waals surface area (Å²) >= 11 is 0. The second-order valence-corrected chi connectivity index (χ2v) is 12.3. The molecule has 230 valence electrons. The molecule has 2 aromatic heterocycles. The van der Waals surface area contributed by atoms with Crippen LogP contribution in [0.15, 0.2) is 41.3 Å². The zero-order valence-electron chi connectivity index (χ0n) is 25.0. The van der Waals surface area contributed by atoms with Crippen molar-refractivity contribution in [3.05, 3.63) is 75.6 Å². The third-order valence-corrected chi connectivity index (χ3v) is 8.79. The van der Waals surface area contributed by atoms with Crippen molar-refractivity contribution >= 4 is 28.2 Å². The van der Waals surface area contributed by atoms with Crippen LogP contribution in [-0.4, -0.2) is 46.2 Å². The average Bonchev–Trinajstić information content (AvgIpc) is 2.95. The van der Waals surface area contributed by atoms with E-state index in [-0.39, 0.29) is 41.0 Å². The minimum Gasteiger partial charge on any atom is -0.507 e. The molecule has 0 unspecified atom stereocenters.